The second-order valence-corrected chi connectivity index (χ2v) is 19.2. The van der Waals surface area contributed by atoms with Gasteiger partial charge in [-0.3, -0.25) is 10.6 Å². The van der Waals surface area contributed by atoms with Crippen molar-refractivity contribution in [2.75, 3.05) is 0 Å². The fraction of sp³-hybridized carbons (Fsp3) is 1.00. The SMILES string of the molecule is C1CCC(C2CCC3C(C2)OC2CC(C4NC5CCCCC5C(C5CCC6C(C5)OC5CCCCC56)N4)C4CCCCC4C23)CC1. The Morgan fingerprint density at radius 3 is 1.87 bits per heavy atom. The van der Waals surface area contributed by atoms with Gasteiger partial charge in [-0.25, -0.2) is 0 Å². The molecule has 0 aromatic carbocycles. The first-order valence-electron chi connectivity index (χ1n) is 21.6. The lowest BCUT2D eigenvalue weighted by molar-refractivity contribution is -0.0766. The van der Waals surface area contributed by atoms with E-state index in [1.165, 1.54) is 154 Å². The smallest absolute Gasteiger partial charge is 0.0617 e. The van der Waals surface area contributed by atoms with Gasteiger partial charge < -0.3 is 9.47 Å². The van der Waals surface area contributed by atoms with Crippen LogP contribution in [0.2, 0.25) is 0 Å². The summed E-state index contributed by atoms with van der Waals surface area (Å²) in [6, 6.07) is 1.43. The van der Waals surface area contributed by atoms with Crippen molar-refractivity contribution in [3.8, 4) is 0 Å². The molecule has 46 heavy (non-hydrogen) atoms. The van der Waals surface area contributed by atoms with Crippen molar-refractivity contribution in [1.29, 1.82) is 0 Å². The van der Waals surface area contributed by atoms with Crippen molar-refractivity contribution in [2.45, 2.75) is 197 Å². The Morgan fingerprint density at radius 2 is 0.978 bits per heavy atom. The maximum absolute atomic E-state index is 7.33. The number of nitrogens with one attached hydrogen (secondary N) is 2. The topological polar surface area (TPSA) is 42.5 Å². The summed E-state index contributed by atoms with van der Waals surface area (Å²) in [4.78, 5) is 0. The zero-order valence-corrected chi connectivity index (χ0v) is 29.2. The molecule has 3 saturated heterocycles. The van der Waals surface area contributed by atoms with Crippen LogP contribution in [0.3, 0.4) is 0 Å². The van der Waals surface area contributed by atoms with Crippen LogP contribution in [0.15, 0.2) is 0 Å². The molecule has 0 spiro atoms. The number of hydrogen-bond acceptors (Lipinski definition) is 4. The Morgan fingerprint density at radius 1 is 0.348 bits per heavy atom. The maximum atomic E-state index is 7.33. The summed E-state index contributed by atoms with van der Waals surface area (Å²) in [6.07, 6.45) is 37.6. The highest BCUT2D eigenvalue weighted by atomic mass is 16.5. The van der Waals surface area contributed by atoms with Crippen LogP contribution in [0.25, 0.3) is 0 Å². The van der Waals surface area contributed by atoms with Gasteiger partial charge in [0.15, 0.2) is 0 Å². The molecule has 3 aliphatic heterocycles. The van der Waals surface area contributed by atoms with Crippen LogP contribution >= 0.6 is 0 Å². The third kappa shape index (κ3) is 5.33. The molecule has 17 unspecified atom stereocenters. The van der Waals surface area contributed by atoms with E-state index in [2.05, 4.69) is 10.6 Å². The molecule has 3 heterocycles. The van der Waals surface area contributed by atoms with Gasteiger partial charge in [0.05, 0.1) is 30.6 Å². The van der Waals surface area contributed by atoms with Crippen LogP contribution in [-0.4, -0.2) is 42.7 Å². The molecule has 10 rings (SSSR count). The highest BCUT2D eigenvalue weighted by Crippen LogP contribution is 2.59. The number of rotatable bonds is 3. The molecule has 4 heteroatoms. The molecule has 0 aromatic heterocycles. The average molecular weight is 633 g/mol. The van der Waals surface area contributed by atoms with Gasteiger partial charge in [0, 0.05) is 12.1 Å². The van der Waals surface area contributed by atoms with Gasteiger partial charge in [-0.2, -0.15) is 0 Å². The summed E-state index contributed by atoms with van der Waals surface area (Å²) in [7, 11) is 0. The number of hydrogen-bond donors (Lipinski definition) is 2. The summed E-state index contributed by atoms with van der Waals surface area (Å²) >= 11 is 0. The van der Waals surface area contributed by atoms with Gasteiger partial charge in [0.25, 0.3) is 0 Å². The van der Waals surface area contributed by atoms with E-state index in [1.54, 1.807) is 0 Å². The Labute approximate surface area is 281 Å². The quantitative estimate of drug-likeness (QED) is 0.326. The molecule has 0 radical (unpaired) electrons. The molecule has 7 aliphatic carbocycles. The molecule has 0 aromatic rings. The molecule has 17 atom stereocenters. The predicted molar refractivity (Wildman–Crippen MR) is 184 cm³/mol. The van der Waals surface area contributed by atoms with Crippen LogP contribution in [-0.2, 0) is 9.47 Å². The number of ether oxygens (including phenoxy) is 2. The molecule has 0 amide bonds. The van der Waals surface area contributed by atoms with Gasteiger partial charge in [0.1, 0.15) is 0 Å². The van der Waals surface area contributed by atoms with Crippen molar-refractivity contribution >= 4 is 0 Å². The lowest BCUT2D eigenvalue weighted by atomic mass is 9.55. The fourth-order valence-corrected chi connectivity index (χ4v) is 15.5. The highest BCUT2D eigenvalue weighted by Gasteiger charge is 2.59. The van der Waals surface area contributed by atoms with Gasteiger partial charge in [-0.1, -0.05) is 70.6 Å². The van der Waals surface area contributed by atoms with Crippen molar-refractivity contribution < 1.29 is 9.47 Å². The average Bonchev–Trinajstić information content (AvgIpc) is 3.68. The third-order valence-corrected chi connectivity index (χ3v) is 17.4. The van der Waals surface area contributed by atoms with E-state index in [1.807, 2.05) is 0 Å². The standard InChI is InChI=1S/C42H68N2O2/c1-2-10-25(11-3-1)26-18-21-33-38(22-26)46-39-24-34(28-12-4-5-14-31(28)40(33)39)42-43-35-16-8-6-15-32(35)41(44-42)27-19-20-30-29-13-7-9-17-36(29)45-37(30)23-27/h25-44H,1-24H2. The largest absolute Gasteiger partial charge is 0.374 e. The minimum Gasteiger partial charge on any atom is -0.374 e. The summed E-state index contributed by atoms with van der Waals surface area (Å²) in [5.74, 6) is 9.74. The lowest BCUT2D eigenvalue weighted by Gasteiger charge is -2.56. The maximum Gasteiger partial charge on any atom is 0.0617 e. The monoisotopic (exact) mass is 633 g/mol. The van der Waals surface area contributed by atoms with E-state index in [0.29, 0.717) is 36.6 Å². The van der Waals surface area contributed by atoms with Crippen LogP contribution in [0.5, 0.6) is 0 Å². The molecule has 10 aliphatic rings. The Bertz CT molecular complexity index is 1060. The summed E-state index contributed by atoms with van der Waals surface area (Å²) in [5, 5.41) is 8.95. The third-order valence-electron chi connectivity index (χ3n) is 17.4. The van der Waals surface area contributed by atoms with Gasteiger partial charge in [-0.05, 0) is 149 Å². The zero-order valence-electron chi connectivity index (χ0n) is 29.2. The minimum absolute atomic E-state index is 0.502. The highest BCUT2D eigenvalue weighted by molar-refractivity contribution is 5.09. The Hall–Kier alpha value is -0.160. The van der Waals surface area contributed by atoms with Gasteiger partial charge in [0.2, 0.25) is 0 Å². The Kier molecular flexibility index (Phi) is 8.57. The van der Waals surface area contributed by atoms with Crippen molar-refractivity contribution in [3.05, 3.63) is 0 Å². The molecule has 0 bridgehead atoms. The summed E-state index contributed by atoms with van der Waals surface area (Å²) in [5.41, 5.74) is 0. The molecule has 10 fully saturated rings. The van der Waals surface area contributed by atoms with Crippen molar-refractivity contribution in [3.63, 3.8) is 0 Å². The molecule has 7 saturated carbocycles. The second kappa shape index (κ2) is 12.9. The van der Waals surface area contributed by atoms with Crippen molar-refractivity contribution in [2.24, 2.45) is 65.1 Å². The molecular weight excluding hydrogens is 564 g/mol. The summed E-state index contributed by atoms with van der Waals surface area (Å²) < 4.78 is 14.3. The zero-order chi connectivity index (χ0) is 30.2. The first kappa shape index (κ1) is 30.6. The molecule has 2 N–H and O–H groups in total. The van der Waals surface area contributed by atoms with Crippen molar-refractivity contribution in [1.82, 2.24) is 10.6 Å². The molecule has 4 nitrogen and oxygen atoms in total. The van der Waals surface area contributed by atoms with Crippen LogP contribution in [0, 0.1) is 65.1 Å². The van der Waals surface area contributed by atoms with E-state index >= 15 is 0 Å². The number of fused-ring (bicyclic) bond motifs is 9. The normalized spacial score (nSPS) is 55.7. The Balaban J connectivity index is 0.873. The second-order valence-electron chi connectivity index (χ2n) is 19.2. The first-order valence-corrected chi connectivity index (χ1v) is 21.6. The van der Waals surface area contributed by atoms with Crippen LogP contribution in [0.1, 0.15) is 154 Å². The lowest BCUT2D eigenvalue weighted by Crippen LogP contribution is -2.70. The van der Waals surface area contributed by atoms with E-state index in [0.717, 1.165) is 71.1 Å². The summed E-state index contributed by atoms with van der Waals surface area (Å²) in [6.45, 7) is 0. The predicted octanol–water partition coefficient (Wildman–Crippen LogP) is 9.01. The minimum atomic E-state index is 0.502. The van der Waals surface area contributed by atoms with Gasteiger partial charge >= 0.3 is 0 Å². The van der Waals surface area contributed by atoms with Gasteiger partial charge in [-0.15, -0.1) is 0 Å². The van der Waals surface area contributed by atoms with E-state index in [4.69, 9.17) is 9.47 Å². The van der Waals surface area contributed by atoms with Crippen LogP contribution in [0.4, 0.5) is 0 Å². The van der Waals surface area contributed by atoms with E-state index in [-0.39, 0.29) is 0 Å². The van der Waals surface area contributed by atoms with Crippen LogP contribution < -0.4 is 10.6 Å². The van der Waals surface area contributed by atoms with E-state index in [9.17, 15) is 0 Å². The molecule has 258 valence electrons. The van der Waals surface area contributed by atoms with E-state index < -0.39 is 0 Å². The molecular formula is C42H68N2O2. The fourth-order valence-electron chi connectivity index (χ4n) is 15.5. The first-order chi connectivity index (χ1) is 22.8.